The molecule has 0 radical (unpaired) electrons. The normalized spacial score (nSPS) is 18.9. The summed E-state index contributed by atoms with van der Waals surface area (Å²) in [5.74, 6) is 0. The third kappa shape index (κ3) is 3.43. The van der Waals surface area contributed by atoms with Gasteiger partial charge in [-0.1, -0.05) is 36.5 Å². The van der Waals surface area contributed by atoms with Crippen molar-refractivity contribution in [2.75, 3.05) is 13.6 Å². The van der Waals surface area contributed by atoms with Crippen molar-refractivity contribution >= 4 is 0 Å². The number of allylic oxidation sites excluding steroid dienone is 5. The van der Waals surface area contributed by atoms with Crippen LogP contribution in [0, 0.1) is 0 Å². The van der Waals surface area contributed by atoms with Gasteiger partial charge in [0.2, 0.25) is 0 Å². The van der Waals surface area contributed by atoms with Crippen molar-refractivity contribution in [3.63, 3.8) is 0 Å². The zero-order valence-electron chi connectivity index (χ0n) is 8.43. The maximum atomic E-state index is 3.97. The fourth-order valence-corrected chi connectivity index (χ4v) is 1.42. The van der Waals surface area contributed by atoms with Gasteiger partial charge in [-0.05, 0) is 31.5 Å². The molecule has 1 rings (SSSR count). The molecule has 0 fully saturated rings. The molecule has 0 unspecified atom stereocenters. The fourth-order valence-electron chi connectivity index (χ4n) is 1.42. The second kappa shape index (κ2) is 4.83. The number of hydrogen-bond donors (Lipinski definition) is 1. The summed E-state index contributed by atoms with van der Waals surface area (Å²) in [6.07, 6.45) is 9.73. The van der Waals surface area contributed by atoms with Crippen LogP contribution in [0.15, 0.2) is 47.6 Å². The Labute approximate surface area is 80.5 Å². The highest BCUT2D eigenvalue weighted by Gasteiger charge is 1.97. The monoisotopic (exact) mass is 175 g/mol. The minimum absolute atomic E-state index is 0.861. The van der Waals surface area contributed by atoms with Crippen LogP contribution in [0.1, 0.15) is 13.3 Å². The number of hydrogen-bond acceptors (Lipinski definition) is 1. The number of nitrogens with one attached hydrogen (secondary N) is 1. The minimum Gasteiger partial charge on any atom is -0.316 e. The van der Waals surface area contributed by atoms with Crippen LogP contribution in [0.2, 0.25) is 0 Å². The van der Waals surface area contributed by atoms with Gasteiger partial charge in [-0.15, -0.1) is 0 Å². The summed E-state index contributed by atoms with van der Waals surface area (Å²) in [6.45, 7) is 6.95. The summed E-state index contributed by atoms with van der Waals surface area (Å²) in [5, 5.41) is 3.09. The van der Waals surface area contributed by atoms with Gasteiger partial charge in [0, 0.05) is 6.54 Å². The first kappa shape index (κ1) is 10.0. The van der Waals surface area contributed by atoms with Crippen molar-refractivity contribution in [1.82, 2.24) is 5.32 Å². The molecule has 0 atom stereocenters. The molecule has 0 aromatic heterocycles. The van der Waals surface area contributed by atoms with Crippen LogP contribution in [-0.2, 0) is 0 Å². The van der Waals surface area contributed by atoms with Crippen molar-refractivity contribution in [2.45, 2.75) is 13.3 Å². The molecule has 70 valence electrons. The molecule has 0 aromatic rings. The Morgan fingerprint density at radius 3 is 3.08 bits per heavy atom. The third-order valence-corrected chi connectivity index (χ3v) is 1.94. The van der Waals surface area contributed by atoms with Crippen molar-refractivity contribution in [3.8, 4) is 0 Å². The van der Waals surface area contributed by atoms with Gasteiger partial charge in [0.05, 0.1) is 0 Å². The summed E-state index contributed by atoms with van der Waals surface area (Å²) in [5.41, 5.74) is 3.80. The molecule has 1 heteroatoms. The van der Waals surface area contributed by atoms with Crippen LogP contribution in [0.4, 0.5) is 0 Å². The maximum Gasteiger partial charge on any atom is 0.0196 e. The summed E-state index contributed by atoms with van der Waals surface area (Å²) < 4.78 is 0. The average molecular weight is 175 g/mol. The second-order valence-electron chi connectivity index (χ2n) is 3.40. The van der Waals surface area contributed by atoms with Crippen molar-refractivity contribution in [1.29, 1.82) is 0 Å². The molecule has 1 aliphatic rings. The minimum atomic E-state index is 0.861. The van der Waals surface area contributed by atoms with E-state index < -0.39 is 0 Å². The highest BCUT2D eigenvalue weighted by Crippen LogP contribution is 2.16. The van der Waals surface area contributed by atoms with Gasteiger partial charge in [-0.2, -0.15) is 0 Å². The zero-order valence-corrected chi connectivity index (χ0v) is 8.43. The molecule has 0 bridgehead atoms. The maximum absolute atomic E-state index is 3.97. The molecule has 0 saturated carbocycles. The fraction of sp³-hybridized carbons (Fsp3) is 0.333. The van der Waals surface area contributed by atoms with E-state index in [1.165, 1.54) is 11.1 Å². The SMILES string of the molecule is C=C(/C=C1/C=C(C)C=CC1)CNC. The summed E-state index contributed by atoms with van der Waals surface area (Å²) in [7, 11) is 1.94. The summed E-state index contributed by atoms with van der Waals surface area (Å²) in [6, 6.07) is 0. The van der Waals surface area contributed by atoms with Gasteiger partial charge in [-0.3, -0.25) is 0 Å². The van der Waals surface area contributed by atoms with Gasteiger partial charge in [0.25, 0.3) is 0 Å². The quantitative estimate of drug-likeness (QED) is 0.695. The Morgan fingerprint density at radius 2 is 2.46 bits per heavy atom. The van der Waals surface area contributed by atoms with Gasteiger partial charge in [-0.25, -0.2) is 0 Å². The Bertz CT molecular complexity index is 279. The van der Waals surface area contributed by atoms with Crippen LogP contribution in [0.5, 0.6) is 0 Å². The topological polar surface area (TPSA) is 12.0 Å². The van der Waals surface area contributed by atoms with Crippen molar-refractivity contribution in [3.05, 3.63) is 47.6 Å². The Kier molecular flexibility index (Phi) is 3.71. The van der Waals surface area contributed by atoms with Crippen LogP contribution in [0.25, 0.3) is 0 Å². The first-order valence-electron chi connectivity index (χ1n) is 4.60. The van der Waals surface area contributed by atoms with Gasteiger partial charge >= 0.3 is 0 Å². The first-order chi connectivity index (χ1) is 6.22. The van der Waals surface area contributed by atoms with E-state index in [0.29, 0.717) is 0 Å². The van der Waals surface area contributed by atoms with E-state index in [0.717, 1.165) is 18.5 Å². The molecule has 0 saturated heterocycles. The molecule has 0 aromatic carbocycles. The lowest BCUT2D eigenvalue weighted by molar-refractivity contribution is 0.896. The number of rotatable bonds is 3. The highest BCUT2D eigenvalue weighted by molar-refractivity contribution is 5.39. The van der Waals surface area contributed by atoms with Crippen molar-refractivity contribution < 1.29 is 0 Å². The molecule has 13 heavy (non-hydrogen) atoms. The molecule has 0 aliphatic heterocycles. The van der Waals surface area contributed by atoms with Gasteiger partial charge in [0.1, 0.15) is 0 Å². The zero-order chi connectivity index (χ0) is 9.68. The van der Waals surface area contributed by atoms with Crippen LogP contribution in [0.3, 0.4) is 0 Å². The van der Waals surface area contributed by atoms with Crippen LogP contribution in [-0.4, -0.2) is 13.6 Å². The smallest absolute Gasteiger partial charge is 0.0196 e. The Hall–Kier alpha value is -1.08. The molecule has 1 nitrogen and oxygen atoms in total. The van der Waals surface area contributed by atoms with E-state index >= 15 is 0 Å². The predicted octanol–water partition coefficient (Wildman–Crippen LogP) is 2.59. The third-order valence-electron chi connectivity index (χ3n) is 1.94. The average Bonchev–Trinajstić information content (AvgIpc) is 2.04. The summed E-state index contributed by atoms with van der Waals surface area (Å²) in [4.78, 5) is 0. The number of likely N-dealkylation sites (N-methyl/N-ethyl adjacent to an activating group) is 1. The van der Waals surface area contributed by atoms with E-state index in [9.17, 15) is 0 Å². The first-order valence-corrected chi connectivity index (χ1v) is 4.60. The lowest BCUT2D eigenvalue weighted by Crippen LogP contribution is -2.08. The van der Waals surface area contributed by atoms with E-state index in [4.69, 9.17) is 0 Å². The molecule has 0 spiro atoms. The van der Waals surface area contributed by atoms with E-state index in [-0.39, 0.29) is 0 Å². The molecule has 1 N–H and O–H groups in total. The molecular weight excluding hydrogens is 158 g/mol. The molecular formula is C12H17N. The van der Waals surface area contributed by atoms with Crippen LogP contribution >= 0.6 is 0 Å². The Balaban J connectivity index is 2.62. The molecule has 1 aliphatic carbocycles. The van der Waals surface area contributed by atoms with E-state index in [1.54, 1.807) is 0 Å². The molecule has 0 heterocycles. The van der Waals surface area contributed by atoms with E-state index in [1.807, 2.05) is 7.05 Å². The van der Waals surface area contributed by atoms with Gasteiger partial charge in [0.15, 0.2) is 0 Å². The van der Waals surface area contributed by atoms with Crippen LogP contribution < -0.4 is 5.32 Å². The highest BCUT2D eigenvalue weighted by atomic mass is 14.8. The lowest BCUT2D eigenvalue weighted by atomic mass is 10.0. The Morgan fingerprint density at radius 1 is 1.69 bits per heavy atom. The second-order valence-corrected chi connectivity index (χ2v) is 3.40. The largest absolute Gasteiger partial charge is 0.316 e. The lowest BCUT2D eigenvalue weighted by Gasteiger charge is -2.06. The van der Waals surface area contributed by atoms with Gasteiger partial charge < -0.3 is 5.32 Å². The predicted molar refractivity (Wildman–Crippen MR) is 58.7 cm³/mol. The standard InChI is InChI=1S/C12H17N/c1-10-5-4-6-12(7-10)8-11(2)9-13-3/h4-5,7-8,13H,2,6,9H2,1,3H3/b12-8+. The van der Waals surface area contributed by atoms with E-state index in [2.05, 4.69) is 43.1 Å². The summed E-state index contributed by atoms with van der Waals surface area (Å²) >= 11 is 0. The van der Waals surface area contributed by atoms with Crippen molar-refractivity contribution in [2.24, 2.45) is 0 Å². The molecule has 0 amide bonds.